The number of anilines is 6. The zero-order valence-corrected chi connectivity index (χ0v) is 28.5. The summed E-state index contributed by atoms with van der Waals surface area (Å²) in [4.78, 5) is 25.6. The van der Waals surface area contributed by atoms with Crippen molar-refractivity contribution in [2.45, 2.75) is 44.4 Å². The molecule has 3 aromatic carbocycles. The molecule has 2 aromatic heterocycles. The molecular formula is C31H32N8O8S2. The molecular weight excluding hydrogens is 677 g/mol. The second kappa shape index (κ2) is 13.7. The van der Waals surface area contributed by atoms with Gasteiger partial charge in [-0.05, 0) is 76.6 Å². The van der Waals surface area contributed by atoms with E-state index in [0.29, 0.717) is 33.8 Å². The molecule has 0 bridgehead atoms. The number of hydrogen-bond acceptors (Lipinski definition) is 10. The van der Waals surface area contributed by atoms with E-state index in [1.54, 1.807) is 58.9 Å². The summed E-state index contributed by atoms with van der Waals surface area (Å²) in [5, 5.41) is 17.8. The monoisotopic (exact) mass is 708 g/mol. The second-order valence-electron chi connectivity index (χ2n) is 10.8. The Kier molecular flexibility index (Phi) is 9.63. The summed E-state index contributed by atoms with van der Waals surface area (Å²) >= 11 is 0. The fourth-order valence-corrected chi connectivity index (χ4v) is 6.80. The Balaban J connectivity index is 1.27. The first-order valence-electron chi connectivity index (χ1n) is 14.5. The van der Waals surface area contributed by atoms with Gasteiger partial charge in [0, 0.05) is 22.5 Å². The van der Waals surface area contributed by atoms with Gasteiger partial charge in [-0.15, -0.1) is 0 Å². The predicted molar refractivity (Wildman–Crippen MR) is 183 cm³/mol. The van der Waals surface area contributed by atoms with Crippen LogP contribution in [0.1, 0.15) is 28.1 Å². The van der Waals surface area contributed by atoms with Crippen molar-refractivity contribution in [3.05, 3.63) is 94.8 Å². The number of urea groups is 2. The van der Waals surface area contributed by atoms with E-state index >= 15 is 0 Å². The van der Waals surface area contributed by atoms with Gasteiger partial charge >= 0.3 is 12.1 Å². The van der Waals surface area contributed by atoms with Crippen molar-refractivity contribution in [1.29, 1.82) is 0 Å². The van der Waals surface area contributed by atoms with E-state index in [0.717, 1.165) is 0 Å². The maximum absolute atomic E-state index is 13.2. The highest BCUT2D eigenvalue weighted by Gasteiger charge is 2.25. The standard InChI is InChI=1S/C31H32N8O8S2/c1-17-14-15-22(32-30(40)33-23-10-6-8-12-26(23)48(42,43)38-28-18(2)20(4)36-46-28)16-25(17)35-31(41)34-24-11-7-9-13-27(24)49(44,45)39-29-19(3)21(5)37-47-29/h6-16,38-39H,1-5H3,(H2,32,33,40)(H2,34,35,41). The number of amides is 4. The van der Waals surface area contributed by atoms with Crippen molar-refractivity contribution in [3.8, 4) is 0 Å². The fourth-order valence-electron chi connectivity index (χ4n) is 4.38. The second-order valence-corrected chi connectivity index (χ2v) is 14.1. The molecule has 0 saturated heterocycles. The van der Waals surface area contributed by atoms with Crippen LogP contribution < -0.4 is 30.7 Å². The van der Waals surface area contributed by atoms with Gasteiger partial charge in [0.25, 0.3) is 20.0 Å². The van der Waals surface area contributed by atoms with Crippen molar-refractivity contribution >= 4 is 66.6 Å². The SMILES string of the molecule is Cc1ccc(NC(=O)Nc2ccccc2S(=O)(=O)Nc2onc(C)c2C)cc1NC(=O)Nc1ccccc1S(=O)(=O)Nc1onc(C)c1C. The molecule has 0 aliphatic carbocycles. The minimum absolute atomic E-state index is 0.00980. The van der Waals surface area contributed by atoms with Gasteiger partial charge < -0.3 is 30.3 Å². The number of nitrogens with one attached hydrogen (secondary N) is 6. The van der Waals surface area contributed by atoms with E-state index in [2.05, 4.69) is 41.0 Å². The number of carbonyl (C=O) groups excluding carboxylic acids is 2. The molecule has 5 rings (SSSR count). The number of para-hydroxylation sites is 2. The summed E-state index contributed by atoms with van der Waals surface area (Å²) in [6, 6.07) is 14.8. The van der Waals surface area contributed by atoms with Gasteiger partial charge in [0.15, 0.2) is 0 Å². The van der Waals surface area contributed by atoms with Crippen molar-refractivity contribution in [1.82, 2.24) is 10.3 Å². The Labute approximate surface area is 281 Å². The maximum atomic E-state index is 13.2. The average Bonchev–Trinajstić information content (AvgIpc) is 3.52. The normalized spacial score (nSPS) is 11.4. The smallest absolute Gasteiger partial charge is 0.323 e. The molecule has 16 nitrogen and oxygen atoms in total. The molecule has 0 unspecified atom stereocenters. The summed E-state index contributed by atoms with van der Waals surface area (Å²) in [5.41, 5.74) is 3.24. The first kappa shape index (κ1) is 34.5. The van der Waals surface area contributed by atoms with Crippen LogP contribution in [-0.4, -0.2) is 39.2 Å². The van der Waals surface area contributed by atoms with Crippen LogP contribution >= 0.6 is 0 Å². The first-order chi connectivity index (χ1) is 23.1. The molecule has 4 amide bonds. The van der Waals surface area contributed by atoms with E-state index in [-0.39, 0.29) is 38.6 Å². The number of rotatable bonds is 10. The summed E-state index contributed by atoms with van der Waals surface area (Å²) in [7, 11) is -8.37. The molecule has 256 valence electrons. The van der Waals surface area contributed by atoms with E-state index < -0.39 is 32.1 Å². The van der Waals surface area contributed by atoms with E-state index in [1.807, 2.05) is 0 Å². The fraction of sp³-hybridized carbons (Fsp3) is 0.161. The predicted octanol–water partition coefficient (Wildman–Crippen LogP) is 6.09. The van der Waals surface area contributed by atoms with Crippen LogP contribution in [-0.2, 0) is 20.0 Å². The number of sulfonamides is 2. The molecule has 0 atom stereocenters. The first-order valence-corrected chi connectivity index (χ1v) is 17.5. The zero-order valence-electron chi connectivity index (χ0n) is 26.8. The van der Waals surface area contributed by atoms with Crippen LogP contribution in [0, 0.1) is 34.6 Å². The molecule has 0 radical (unpaired) electrons. The molecule has 18 heteroatoms. The zero-order chi connectivity index (χ0) is 35.5. The molecule has 6 N–H and O–H groups in total. The Morgan fingerprint density at radius 1 is 0.571 bits per heavy atom. The van der Waals surface area contributed by atoms with E-state index in [9.17, 15) is 26.4 Å². The topological polar surface area (TPSA) is 227 Å². The quantitative estimate of drug-likeness (QED) is 0.0978. The lowest BCUT2D eigenvalue weighted by Crippen LogP contribution is -2.24. The Morgan fingerprint density at radius 3 is 1.45 bits per heavy atom. The van der Waals surface area contributed by atoms with Crippen LogP contribution in [0.15, 0.2) is 85.6 Å². The maximum Gasteiger partial charge on any atom is 0.323 e. The van der Waals surface area contributed by atoms with Crippen LogP contribution in [0.4, 0.5) is 44.1 Å². The number of benzene rings is 3. The van der Waals surface area contributed by atoms with Crippen LogP contribution in [0.2, 0.25) is 0 Å². The molecule has 0 spiro atoms. The minimum atomic E-state index is -4.19. The molecule has 0 aliphatic heterocycles. The van der Waals surface area contributed by atoms with Gasteiger partial charge in [0.1, 0.15) is 9.79 Å². The van der Waals surface area contributed by atoms with Gasteiger partial charge in [0.2, 0.25) is 11.8 Å². The Hall–Kier alpha value is -5.88. The number of aryl methyl sites for hydroxylation is 3. The van der Waals surface area contributed by atoms with Crippen molar-refractivity contribution in [3.63, 3.8) is 0 Å². The Morgan fingerprint density at radius 2 is 1.00 bits per heavy atom. The molecule has 5 aromatic rings. The van der Waals surface area contributed by atoms with Crippen molar-refractivity contribution < 1.29 is 35.5 Å². The molecule has 49 heavy (non-hydrogen) atoms. The number of carbonyl (C=O) groups is 2. The van der Waals surface area contributed by atoms with Crippen molar-refractivity contribution in [2.75, 3.05) is 30.7 Å². The highest BCUT2D eigenvalue weighted by Crippen LogP contribution is 2.29. The third-order valence-corrected chi connectivity index (χ3v) is 10.1. The largest absolute Gasteiger partial charge is 0.337 e. The van der Waals surface area contributed by atoms with E-state index in [4.69, 9.17) is 9.05 Å². The third kappa shape index (κ3) is 7.82. The third-order valence-electron chi connectivity index (χ3n) is 7.36. The average molecular weight is 709 g/mol. The lowest BCUT2D eigenvalue weighted by atomic mass is 10.2. The summed E-state index contributed by atoms with van der Waals surface area (Å²) in [6.07, 6.45) is 0. The van der Waals surface area contributed by atoms with Gasteiger partial charge in [-0.1, -0.05) is 40.6 Å². The van der Waals surface area contributed by atoms with E-state index in [1.165, 1.54) is 42.5 Å². The van der Waals surface area contributed by atoms with Gasteiger partial charge in [-0.2, -0.15) is 0 Å². The lowest BCUT2D eigenvalue weighted by Gasteiger charge is -2.15. The highest BCUT2D eigenvalue weighted by molar-refractivity contribution is 7.93. The number of aromatic nitrogens is 2. The highest BCUT2D eigenvalue weighted by atomic mass is 32.2. The van der Waals surface area contributed by atoms with Crippen LogP contribution in [0.25, 0.3) is 0 Å². The lowest BCUT2D eigenvalue weighted by molar-refractivity contribution is 0.261. The summed E-state index contributed by atoms with van der Waals surface area (Å²) in [6.45, 7) is 8.36. The van der Waals surface area contributed by atoms with Gasteiger partial charge in [0.05, 0.1) is 22.8 Å². The summed E-state index contributed by atoms with van der Waals surface area (Å²) in [5.74, 6) is -0.0852. The molecule has 0 aliphatic rings. The summed E-state index contributed by atoms with van der Waals surface area (Å²) < 4.78 is 67.5. The minimum Gasteiger partial charge on any atom is -0.337 e. The van der Waals surface area contributed by atoms with Gasteiger partial charge in [-0.3, -0.25) is 0 Å². The van der Waals surface area contributed by atoms with Crippen LogP contribution in [0.5, 0.6) is 0 Å². The molecule has 0 saturated carbocycles. The van der Waals surface area contributed by atoms with Gasteiger partial charge in [-0.25, -0.2) is 35.9 Å². The molecule has 2 heterocycles. The number of hydrogen-bond donors (Lipinski definition) is 6. The molecule has 0 fully saturated rings. The van der Waals surface area contributed by atoms with Crippen molar-refractivity contribution in [2.24, 2.45) is 0 Å². The number of nitrogens with zero attached hydrogens (tertiary/aromatic N) is 2. The van der Waals surface area contributed by atoms with Crippen LogP contribution in [0.3, 0.4) is 0 Å². The Bertz CT molecular complexity index is 2280.